The predicted molar refractivity (Wildman–Crippen MR) is 194 cm³/mol. The van der Waals surface area contributed by atoms with E-state index in [1.54, 1.807) is 0 Å². The second kappa shape index (κ2) is 8.80. The maximum absolute atomic E-state index is 2.51. The molecular formula is C42H26BN3. The molecule has 3 aliphatic rings. The van der Waals surface area contributed by atoms with Crippen molar-refractivity contribution in [1.29, 1.82) is 0 Å². The molecule has 0 spiro atoms. The van der Waals surface area contributed by atoms with Gasteiger partial charge in [-0.25, -0.2) is 0 Å². The first kappa shape index (κ1) is 24.3. The molecule has 0 saturated heterocycles. The Morgan fingerprint density at radius 2 is 0.804 bits per heavy atom. The lowest BCUT2D eigenvalue weighted by Crippen LogP contribution is -2.59. The summed E-state index contributed by atoms with van der Waals surface area (Å²) < 4.78 is 2.46. The van der Waals surface area contributed by atoms with E-state index in [9.17, 15) is 0 Å². The number of rotatable bonds is 3. The fraction of sp³-hybridized carbons (Fsp3) is 0. The minimum Gasteiger partial charge on any atom is -0.311 e. The third kappa shape index (κ3) is 2.99. The molecule has 0 unspecified atom stereocenters. The van der Waals surface area contributed by atoms with Crippen LogP contribution in [0.5, 0.6) is 0 Å². The molecule has 1 aromatic heterocycles. The molecule has 11 rings (SSSR count). The van der Waals surface area contributed by atoms with Crippen molar-refractivity contribution >= 4 is 79.0 Å². The molecule has 0 saturated carbocycles. The highest BCUT2D eigenvalue weighted by atomic mass is 15.2. The monoisotopic (exact) mass is 583 g/mol. The lowest BCUT2D eigenvalue weighted by molar-refractivity contribution is 1.16. The zero-order valence-electron chi connectivity index (χ0n) is 24.9. The van der Waals surface area contributed by atoms with Gasteiger partial charge in [0.05, 0.1) is 16.7 Å². The Morgan fingerprint density at radius 1 is 0.348 bits per heavy atom. The van der Waals surface area contributed by atoms with Crippen molar-refractivity contribution in [3.8, 4) is 16.8 Å². The van der Waals surface area contributed by atoms with E-state index in [-0.39, 0.29) is 6.71 Å². The molecule has 0 N–H and O–H groups in total. The normalized spacial score (nSPS) is 13.5. The summed E-state index contributed by atoms with van der Waals surface area (Å²) >= 11 is 0. The highest BCUT2D eigenvalue weighted by Crippen LogP contribution is 2.49. The first-order chi connectivity index (χ1) is 22.9. The van der Waals surface area contributed by atoms with Gasteiger partial charge in [0.2, 0.25) is 0 Å². The summed E-state index contributed by atoms with van der Waals surface area (Å²) in [4.78, 5) is 5.01. The van der Waals surface area contributed by atoms with Crippen molar-refractivity contribution in [2.45, 2.75) is 0 Å². The van der Waals surface area contributed by atoms with Gasteiger partial charge in [-0.3, -0.25) is 0 Å². The second-order valence-corrected chi connectivity index (χ2v) is 12.5. The molecule has 4 heteroatoms. The summed E-state index contributed by atoms with van der Waals surface area (Å²) in [6, 6.07) is 58.0. The van der Waals surface area contributed by atoms with Crippen LogP contribution in [0.25, 0.3) is 38.6 Å². The smallest absolute Gasteiger partial charge is 0.253 e. The number of anilines is 6. The van der Waals surface area contributed by atoms with E-state index in [1.807, 2.05) is 0 Å². The zero-order chi connectivity index (χ0) is 29.9. The lowest BCUT2D eigenvalue weighted by Gasteiger charge is -2.43. The third-order valence-corrected chi connectivity index (χ3v) is 10.3. The van der Waals surface area contributed by atoms with Gasteiger partial charge in [0.1, 0.15) is 0 Å². The standard InChI is InChI=1S/C42H26BN3/c1-3-13-27(14-4-1)44-36-23-11-19-32-33-20-12-24-37-41(33)43(40(32)36)42-38(44)25-29(26-39(42)45(37)28-15-5-2-6-16-28)46-34-21-9-7-17-30(34)31-18-8-10-22-35(31)46/h1-26H. The van der Waals surface area contributed by atoms with Crippen LogP contribution in [0.4, 0.5) is 34.1 Å². The van der Waals surface area contributed by atoms with Crippen molar-refractivity contribution in [3.05, 3.63) is 158 Å². The lowest BCUT2D eigenvalue weighted by atomic mass is 9.35. The molecule has 3 nitrogen and oxygen atoms in total. The number of benzene rings is 7. The van der Waals surface area contributed by atoms with Gasteiger partial charge in [-0.2, -0.15) is 0 Å². The Bertz CT molecular complexity index is 2380. The second-order valence-electron chi connectivity index (χ2n) is 12.5. The van der Waals surface area contributed by atoms with E-state index in [0.717, 1.165) is 5.69 Å². The zero-order valence-corrected chi connectivity index (χ0v) is 24.9. The maximum atomic E-state index is 2.51. The largest absolute Gasteiger partial charge is 0.311 e. The Balaban J connectivity index is 1.33. The van der Waals surface area contributed by atoms with Crippen LogP contribution >= 0.6 is 0 Å². The molecule has 7 aromatic carbocycles. The maximum Gasteiger partial charge on any atom is 0.253 e. The van der Waals surface area contributed by atoms with Crippen LogP contribution in [-0.2, 0) is 0 Å². The number of hydrogen-bond acceptors (Lipinski definition) is 2. The van der Waals surface area contributed by atoms with Crippen LogP contribution in [0.3, 0.4) is 0 Å². The summed E-state index contributed by atoms with van der Waals surface area (Å²) in [5, 5.41) is 2.54. The molecule has 8 aromatic rings. The average Bonchev–Trinajstić information content (AvgIpc) is 3.64. The van der Waals surface area contributed by atoms with E-state index in [2.05, 4.69) is 172 Å². The average molecular weight is 584 g/mol. The van der Waals surface area contributed by atoms with Crippen LogP contribution in [0, 0.1) is 0 Å². The summed E-state index contributed by atoms with van der Waals surface area (Å²) in [6.45, 7) is 0.175. The summed E-state index contributed by atoms with van der Waals surface area (Å²) in [5.74, 6) is 0. The van der Waals surface area contributed by atoms with Crippen molar-refractivity contribution in [2.24, 2.45) is 0 Å². The SMILES string of the molecule is c1ccc(N2c3cccc4c3B3c5c-4cccc5N(c4ccccc4)c4cc(-n5c6ccccc6c6ccccc65)cc2c43)cc1. The number of aromatic nitrogens is 1. The van der Waals surface area contributed by atoms with Gasteiger partial charge < -0.3 is 14.4 Å². The molecule has 3 aliphatic heterocycles. The van der Waals surface area contributed by atoms with E-state index >= 15 is 0 Å². The molecule has 0 bridgehead atoms. The topological polar surface area (TPSA) is 11.4 Å². The van der Waals surface area contributed by atoms with Gasteiger partial charge in [-0.15, -0.1) is 0 Å². The van der Waals surface area contributed by atoms with E-state index < -0.39 is 0 Å². The van der Waals surface area contributed by atoms with Crippen LogP contribution in [0.1, 0.15) is 0 Å². The van der Waals surface area contributed by atoms with Crippen LogP contribution < -0.4 is 26.2 Å². The summed E-state index contributed by atoms with van der Waals surface area (Å²) in [5.41, 5.74) is 17.8. The van der Waals surface area contributed by atoms with Gasteiger partial charge >= 0.3 is 0 Å². The number of fused-ring (bicyclic) bond motifs is 4. The molecule has 46 heavy (non-hydrogen) atoms. The highest BCUT2D eigenvalue weighted by molar-refractivity contribution is 7.03. The number of hydrogen-bond donors (Lipinski definition) is 0. The highest BCUT2D eigenvalue weighted by Gasteiger charge is 2.49. The molecular weight excluding hydrogens is 557 g/mol. The minimum absolute atomic E-state index is 0.175. The van der Waals surface area contributed by atoms with Crippen LogP contribution in [0.2, 0.25) is 0 Å². The molecule has 0 aliphatic carbocycles. The molecule has 0 fully saturated rings. The molecule has 212 valence electrons. The fourth-order valence-electron chi connectivity index (χ4n) is 8.58. The minimum atomic E-state index is 0.175. The fourth-order valence-corrected chi connectivity index (χ4v) is 8.58. The van der Waals surface area contributed by atoms with Gasteiger partial charge in [0.15, 0.2) is 0 Å². The van der Waals surface area contributed by atoms with Gasteiger partial charge in [-0.1, -0.05) is 97.1 Å². The molecule has 4 heterocycles. The van der Waals surface area contributed by atoms with Crippen molar-refractivity contribution in [3.63, 3.8) is 0 Å². The van der Waals surface area contributed by atoms with Crippen molar-refractivity contribution < 1.29 is 0 Å². The van der Waals surface area contributed by atoms with Crippen LogP contribution in [0.15, 0.2) is 158 Å². The predicted octanol–water partition coefficient (Wildman–Crippen LogP) is 8.85. The Labute approximate surface area is 267 Å². The third-order valence-electron chi connectivity index (χ3n) is 10.3. The van der Waals surface area contributed by atoms with Gasteiger partial charge in [-0.05, 0) is 88.2 Å². The quantitative estimate of drug-likeness (QED) is 0.193. The summed E-state index contributed by atoms with van der Waals surface area (Å²) in [7, 11) is 0. The van der Waals surface area contributed by atoms with E-state index in [1.165, 1.54) is 83.4 Å². The van der Waals surface area contributed by atoms with Crippen molar-refractivity contribution in [2.75, 3.05) is 9.80 Å². The van der Waals surface area contributed by atoms with Gasteiger partial charge in [0, 0.05) is 44.9 Å². The Hall–Kier alpha value is -6.00. The van der Waals surface area contributed by atoms with E-state index in [4.69, 9.17) is 0 Å². The van der Waals surface area contributed by atoms with Crippen LogP contribution in [-0.4, -0.2) is 11.3 Å². The summed E-state index contributed by atoms with van der Waals surface area (Å²) in [6.07, 6.45) is 0. The number of para-hydroxylation sites is 4. The number of nitrogens with zero attached hydrogens (tertiary/aromatic N) is 3. The Kier molecular flexibility index (Phi) is 4.66. The Morgan fingerprint density at radius 3 is 1.30 bits per heavy atom. The molecule has 0 amide bonds. The molecule has 0 atom stereocenters. The van der Waals surface area contributed by atoms with Crippen molar-refractivity contribution in [1.82, 2.24) is 4.57 Å². The first-order valence-corrected chi connectivity index (χ1v) is 16.0. The molecule has 0 radical (unpaired) electrons. The first-order valence-electron chi connectivity index (χ1n) is 16.0. The van der Waals surface area contributed by atoms with E-state index in [0.29, 0.717) is 0 Å². The van der Waals surface area contributed by atoms with Gasteiger partial charge in [0.25, 0.3) is 6.71 Å².